The molecule has 1 aromatic heterocycles. The molecule has 124 valence electrons. The molecular formula is C14H25N5O2S. The number of hydrogen-bond acceptors (Lipinski definition) is 6. The summed E-state index contributed by atoms with van der Waals surface area (Å²) in [6.45, 7) is 9.59. The molecule has 7 nitrogen and oxygen atoms in total. The summed E-state index contributed by atoms with van der Waals surface area (Å²) in [5.41, 5.74) is 0. The number of hydrogen-bond donors (Lipinski definition) is 0. The van der Waals surface area contributed by atoms with E-state index in [2.05, 4.69) is 15.5 Å². The molecule has 1 aromatic rings. The minimum absolute atomic E-state index is 0.113. The number of amides is 1. The van der Waals surface area contributed by atoms with E-state index in [0.29, 0.717) is 17.5 Å². The molecule has 1 aliphatic heterocycles. The van der Waals surface area contributed by atoms with Crippen molar-refractivity contribution >= 4 is 17.7 Å². The molecule has 0 bridgehead atoms. The number of nitrogens with zero attached hydrogens (tertiary/aromatic N) is 5. The van der Waals surface area contributed by atoms with Crippen LogP contribution in [-0.2, 0) is 16.1 Å². The van der Waals surface area contributed by atoms with Crippen molar-refractivity contribution in [1.82, 2.24) is 25.1 Å². The Morgan fingerprint density at radius 1 is 1.41 bits per heavy atom. The van der Waals surface area contributed by atoms with Gasteiger partial charge in [0.25, 0.3) is 0 Å². The van der Waals surface area contributed by atoms with Crippen LogP contribution in [0.3, 0.4) is 0 Å². The van der Waals surface area contributed by atoms with Gasteiger partial charge < -0.3 is 9.64 Å². The highest BCUT2D eigenvalue weighted by molar-refractivity contribution is 7.99. The maximum Gasteiger partial charge on any atom is 0.233 e. The van der Waals surface area contributed by atoms with Gasteiger partial charge in [-0.3, -0.25) is 4.79 Å². The first-order valence-electron chi connectivity index (χ1n) is 7.80. The molecule has 1 atom stereocenters. The van der Waals surface area contributed by atoms with Crippen molar-refractivity contribution in [2.45, 2.75) is 70.4 Å². The van der Waals surface area contributed by atoms with Gasteiger partial charge in [-0.25, -0.2) is 4.68 Å². The molecule has 0 spiro atoms. The van der Waals surface area contributed by atoms with Crippen molar-refractivity contribution in [3.63, 3.8) is 0 Å². The lowest BCUT2D eigenvalue weighted by Crippen LogP contribution is -2.43. The van der Waals surface area contributed by atoms with Gasteiger partial charge in [0, 0.05) is 18.7 Å². The van der Waals surface area contributed by atoms with Gasteiger partial charge in [-0.15, -0.1) is 5.10 Å². The molecule has 1 unspecified atom stereocenters. The Hall–Kier alpha value is -1.15. The van der Waals surface area contributed by atoms with Crippen molar-refractivity contribution in [3.05, 3.63) is 0 Å². The van der Waals surface area contributed by atoms with Crippen LogP contribution in [0.25, 0.3) is 0 Å². The molecule has 2 heterocycles. The second-order valence-electron chi connectivity index (χ2n) is 6.06. The molecule has 2 rings (SSSR count). The van der Waals surface area contributed by atoms with Crippen LogP contribution in [0.1, 0.15) is 40.5 Å². The van der Waals surface area contributed by atoms with Crippen LogP contribution in [0.5, 0.6) is 0 Å². The zero-order valence-electron chi connectivity index (χ0n) is 13.7. The molecule has 1 amide bonds. The standard InChI is InChI=1S/C14H25N5O2S/c1-10(2)19(11(3)4)13(20)9-22-14-15-16-17-18(14)8-12-6-5-7-21-12/h10-12H,5-9H2,1-4H3. The van der Waals surface area contributed by atoms with E-state index >= 15 is 0 Å². The Kier molecular flexibility index (Phi) is 6.19. The SMILES string of the molecule is CC(C)N(C(=O)CSc1nnnn1CC1CCCO1)C(C)C. The van der Waals surface area contributed by atoms with E-state index in [-0.39, 0.29) is 24.1 Å². The van der Waals surface area contributed by atoms with E-state index in [0.717, 1.165) is 19.4 Å². The molecule has 0 aliphatic carbocycles. The van der Waals surface area contributed by atoms with Crippen LogP contribution < -0.4 is 0 Å². The molecule has 0 N–H and O–H groups in total. The van der Waals surface area contributed by atoms with Crippen LogP contribution in [0, 0.1) is 0 Å². The zero-order valence-corrected chi connectivity index (χ0v) is 14.5. The van der Waals surface area contributed by atoms with E-state index in [4.69, 9.17) is 4.74 Å². The van der Waals surface area contributed by atoms with Crippen molar-refractivity contribution in [1.29, 1.82) is 0 Å². The smallest absolute Gasteiger partial charge is 0.233 e. The first-order chi connectivity index (χ1) is 10.5. The summed E-state index contributed by atoms with van der Waals surface area (Å²) in [7, 11) is 0. The topological polar surface area (TPSA) is 73.1 Å². The number of ether oxygens (including phenoxy) is 1. The Labute approximate surface area is 135 Å². The number of carbonyl (C=O) groups is 1. The van der Waals surface area contributed by atoms with E-state index in [1.54, 1.807) is 4.68 Å². The first-order valence-corrected chi connectivity index (χ1v) is 8.79. The van der Waals surface area contributed by atoms with Crippen LogP contribution in [0.2, 0.25) is 0 Å². The summed E-state index contributed by atoms with van der Waals surface area (Å²) in [6.07, 6.45) is 2.31. The van der Waals surface area contributed by atoms with E-state index in [1.807, 2.05) is 32.6 Å². The number of thioether (sulfide) groups is 1. The van der Waals surface area contributed by atoms with Gasteiger partial charge in [-0.1, -0.05) is 11.8 Å². The lowest BCUT2D eigenvalue weighted by atomic mass is 10.2. The summed E-state index contributed by atoms with van der Waals surface area (Å²) in [6, 6.07) is 0.381. The van der Waals surface area contributed by atoms with Crippen LogP contribution in [-0.4, -0.2) is 61.6 Å². The molecule has 1 aliphatic rings. The van der Waals surface area contributed by atoms with E-state index in [1.165, 1.54) is 11.8 Å². The zero-order chi connectivity index (χ0) is 16.1. The Morgan fingerprint density at radius 2 is 2.14 bits per heavy atom. The highest BCUT2D eigenvalue weighted by Crippen LogP contribution is 2.19. The maximum absolute atomic E-state index is 12.4. The minimum Gasteiger partial charge on any atom is -0.376 e. The van der Waals surface area contributed by atoms with Gasteiger partial charge in [-0.05, 0) is 51.0 Å². The number of carbonyl (C=O) groups excluding carboxylic acids is 1. The molecule has 1 saturated heterocycles. The van der Waals surface area contributed by atoms with Crippen LogP contribution >= 0.6 is 11.8 Å². The summed E-state index contributed by atoms with van der Waals surface area (Å²) < 4.78 is 7.35. The van der Waals surface area contributed by atoms with E-state index < -0.39 is 0 Å². The predicted octanol–water partition coefficient (Wildman–Crippen LogP) is 1.59. The summed E-state index contributed by atoms with van der Waals surface area (Å²) in [5, 5.41) is 12.4. The molecule has 0 saturated carbocycles. The average molecular weight is 327 g/mol. The highest BCUT2D eigenvalue weighted by Gasteiger charge is 2.22. The summed E-state index contributed by atoms with van der Waals surface area (Å²) >= 11 is 1.39. The van der Waals surface area contributed by atoms with Gasteiger partial charge in [0.05, 0.1) is 18.4 Å². The molecule has 0 radical (unpaired) electrons. The summed E-state index contributed by atoms with van der Waals surface area (Å²) in [5.74, 6) is 0.462. The lowest BCUT2D eigenvalue weighted by molar-refractivity contribution is -0.131. The van der Waals surface area contributed by atoms with Gasteiger partial charge in [0.2, 0.25) is 11.1 Å². The lowest BCUT2D eigenvalue weighted by Gasteiger charge is -2.30. The fourth-order valence-corrected chi connectivity index (χ4v) is 3.52. The molecule has 1 fully saturated rings. The van der Waals surface area contributed by atoms with Crippen LogP contribution in [0.4, 0.5) is 0 Å². The van der Waals surface area contributed by atoms with E-state index in [9.17, 15) is 4.79 Å². The Morgan fingerprint density at radius 3 is 2.73 bits per heavy atom. The third kappa shape index (κ3) is 4.42. The van der Waals surface area contributed by atoms with Crippen LogP contribution in [0.15, 0.2) is 5.16 Å². The van der Waals surface area contributed by atoms with Gasteiger partial charge in [0.1, 0.15) is 0 Å². The molecular weight excluding hydrogens is 302 g/mol. The van der Waals surface area contributed by atoms with Gasteiger partial charge in [0.15, 0.2) is 0 Å². The molecule has 22 heavy (non-hydrogen) atoms. The number of aromatic nitrogens is 4. The maximum atomic E-state index is 12.4. The monoisotopic (exact) mass is 327 g/mol. The highest BCUT2D eigenvalue weighted by atomic mass is 32.2. The summed E-state index contributed by atoms with van der Waals surface area (Å²) in [4.78, 5) is 14.3. The Bertz CT molecular complexity index is 477. The number of tetrazole rings is 1. The largest absolute Gasteiger partial charge is 0.376 e. The fourth-order valence-electron chi connectivity index (χ4n) is 2.77. The van der Waals surface area contributed by atoms with Crippen molar-refractivity contribution in [2.75, 3.05) is 12.4 Å². The minimum atomic E-state index is 0.113. The predicted molar refractivity (Wildman–Crippen MR) is 84.6 cm³/mol. The third-order valence-corrected chi connectivity index (χ3v) is 4.57. The van der Waals surface area contributed by atoms with Gasteiger partial charge >= 0.3 is 0 Å². The number of rotatable bonds is 7. The van der Waals surface area contributed by atoms with Crippen molar-refractivity contribution < 1.29 is 9.53 Å². The second kappa shape index (κ2) is 7.92. The van der Waals surface area contributed by atoms with Crippen molar-refractivity contribution in [2.24, 2.45) is 0 Å². The molecule has 8 heteroatoms. The fraction of sp³-hybridized carbons (Fsp3) is 0.857. The van der Waals surface area contributed by atoms with Crippen molar-refractivity contribution in [3.8, 4) is 0 Å². The third-order valence-electron chi connectivity index (χ3n) is 3.63. The van der Waals surface area contributed by atoms with Gasteiger partial charge in [-0.2, -0.15) is 0 Å². The normalized spacial score (nSPS) is 18.4. The Balaban J connectivity index is 1.91. The second-order valence-corrected chi connectivity index (χ2v) is 7.00. The molecule has 0 aromatic carbocycles. The quantitative estimate of drug-likeness (QED) is 0.708. The average Bonchev–Trinajstić information content (AvgIpc) is 3.08. The first kappa shape index (κ1) is 17.2.